The van der Waals surface area contributed by atoms with Crippen LogP contribution in [0.25, 0.3) is 0 Å². The molecule has 0 bridgehead atoms. The van der Waals surface area contributed by atoms with Gasteiger partial charge in [-0.3, -0.25) is 4.79 Å². The summed E-state index contributed by atoms with van der Waals surface area (Å²) in [7, 11) is 1.65. The molecule has 1 aliphatic rings. The summed E-state index contributed by atoms with van der Waals surface area (Å²) in [6, 6.07) is 0. The molecule has 100 valence electrons. The normalized spacial score (nSPS) is 17.1. The second-order valence-electron chi connectivity index (χ2n) is 4.35. The van der Waals surface area contributed by atoms with Gasteiger partial charge < -0.3 is 20.1 Å². The molecule has 0 unspecified atom stereocenters. The summed E-state index contributed by atoms with van der Waals surface area (Å²) in [5, 5.41) is 0. The zero-order valence-corrected chi connectivity index (χ0v) is 10.7. The number of hydrogen-bond acceptors (Lipinski definition) is 4. The predicted octanol–water partition coefficient (Wildman–Crippen LogP) is 0.237. The molecule has 5 nitrogen and oxygen atoms in total. The fourth-order valence-corrected chi connectivity index (χ4v) is 2.02. The first-order valence-corrected chi connectivity index (χ1v) is 6.35. The van der Waals surface area contributed by atoms with Crippen molar-refractivity contribution >= 4 is 5.91 Å². The SMILES string of the molecule is COCCN(CCCN)C(=O)C1CCOCC1. The minimum atomic E-state index is 0.124. The lowest BCUT2D eigenvalue weighted by atomic mass is 9.98. The highest BCUT2D eigenvalue weighted by atomic mass is 16.5. The number of nitrogens with two attached hydrogens (primary N) is 1. The number of nitrogens with zero attached hydrogens (tertiary/aromatic N) is 1. The Balaban J connectivity index is 2.44. The molecule has 2 N–H and O–H groups in total. The summed E-state index contributed by atoms with van der Waals surface area (Å²) in [5.41, 5.74) is 5.49. The lowest BCUT2D eigenvalue weighted by Crippen LogP contribution is -2.41. The van der Waals surface area contributed by atoms with Gasteiger partial charge in [0.2, 0.25) is 5.91 Å². The lowest BCUT2D eigenvalue weighted by Gasteiger charge is -2.29. The Morgan fingerprint density at radius 2 is 2.12 bits per heavy atom. The highest BCUT2D eigenvalue weighted by molar-refractivity contribution is 5.78. The smallest absolute Gasteiger partial charge is 0.225 e. The largest absolute Gasteiger partial charge is 0.383 e. The van der Waals surface area contributed by atoms with Gasteiger partial charge in [-0.05, 0) is 25.8 Å². The lowest BCUT2D eigenvalue weighted by molar-refractivity contribution is -0.139. The molecule has 1 aliphatic heterocycles. The Hall–Kier alpha value is -0.650. The molecule has 0 aromatic carbocycles. The van der Waals surface area contributed by atoms with Crippen LogP contribution in [0.3, 0.4) is 0 Å². The van der Waals surface area contributed by atoms with Crippen LogP contribution in [0, 0.1) is 5.92 Å². The van der Waals surface area contributed by atoms with Gasteiger partial charge in [0.1, 0.15) is 0 Å². The third-order valence-electron chi connectivity index (χ3n) is 3.08. The number of methoxy groups -OCH3 is 1. The molecule has 0 saturated carbocycles. The molecule has 17 heavy (non-hydrogen) atoms. The van der Waals surface area contributed by atoms with Crippen molar-refractivity contribution in [1.29, 1.82) is 0 Å². The third kappa shape index (κ3) is 5.02. The Bertz CT molecular complexity index is 210. The topological polar surface area (TPSA) is 64.8 Å². The second-order valence-corrected chi connectivity index (χ2v) is 4.35. The molecular weight excluding hydrogens is 220 g/mol. The van der Waals surface area contributed by atoms with E-state index in [1.54, 1.807) is 7.11 Å². The summed E-state index contributed by atoms with van der Waals surface area (Å²) < 4.78 is 10.3. The molecule has 5 heteroatoms. The van der Waals surface area contributed by atoms with Crippen molar-refractivity contribution in [2.75, 3.05) is 46.6 Å². The summed E-state index contributed by atoms with van der Waals surface area (Å²) in [6.45, 7) is 3.99. The predicted molar refractivity (Wildman–Crippen MR) is 65.7 cm³/mol. The van der Waals surface area contributed by atoms with E-state index in [9.17, 15) is 4.79 Å². The highest BCUT2D eigenvalue weighted by Crippen LogP contribution is 2.17. The van der Waals surface area contributed by atoms with Crippen molar-refractivity contribution in [3.05, 3.63) is 0 Å². The van der Waals surface area contributed by atoms with Gasteiger partial charge in [-0.15, -0.1) is 0 Å². The maximum Gasteiger partial charge on any atom is 0.225 e. The zero-order chi connectivity index (χ0) is 12.5. The number of carbonyl (C=O) groups is 1. The summed E-state index contributed by atoms with van der Waals surface area (Å²) in [6.07, 6.45) is 2.52. The number of hydrogen-bond donors (Lipinski definition) is 1. The van der Waals surface area contributed by atoms with Crippen LogP contribution in [0.5, 0.6) is 0 Å². The van der Waals surface area contributed by atoms with Gasteiger partial charge in [-0.1, -0.05) is 0 Å². The summed E-state index contributed by atoms with van der Waals surface area (Å²) >= 11 is 0. The van der Waals surface area contributed by atoms with Crippen LogP contribution in [0.1, 0.15) is 19.3 Å². The fourth-order valence-electron chi connectivity index (χ4n) is 2.02. The molecule has 1 heterocycles. The van der Waals surface area contributed by atoms with Crippen LogP contribution in [0.15, 0.2) is 0 Å². The first-order valence-electron chi connectivity index (χ1n) is 6.35. The Kier molecular flexibility index (Phi) is 7.16. The molecule has 0 aromatic rings. The third-order valence-corrected chi connectivity index (χ3v) is 3.08. The molecule has 1 rings (SSSR count). The standard InChI is InChI=1S/C12H24N2O3/c1-16-10-7-14(6-2-5-13)12(15)11-3-8-17-9-4-11/h11H,2-10,13H2,1H3. The average molecular weight is 244 g/mol. The van der Waals surface area contributed by atoms with Crippen LogP contribution in [-0.2, 0) is 14.3 Å². The second kappa shape index (κ2) is 8.44. The van der Waals surface area contributed by atoms with Gasteiger partial charge in [0, 0.05) is 39.3 Å². The Morgan fingerprint density at radius 1 is 1.41 bits per heavy atom. The van der Waals surface area contributed by atoms with Crippen LogP contribution in [0.2, 0.25) is 0 Å². The van der Waals surface area contributed by atoms with E-state index in [0.717, 1.165) is 25.8 Å². The summed E-state index contributed by atoms with van der Waals surface area (Å²) in [5.74, 6) is 0.359. The van der Waals surface area contributed by atoms with Gasteiger partial charge in [0.15, 0.2) is 0 Å². The monoisotopic (exact) mass is 244 g/mol. The van der Waals surface area contributed by atoms with E-state index >= 15 is 0 Å². The Morgan fingerprint density at radius 3 is 2.71 bits per heavy atom. The molecule has 0 aromatic heterocycles. The van der Waals surface area contributed by atoms with Gasteiger partial charge in [-0.2, -0.15) is 0 Å². The van der Waals surface area contributed by atoms with Gasteiger partial charge in [0.05, 0.1) is 6.61 Å². The van der Waals surface area contributed by atoms with Crippen molar-refractivity contribution in [3.63, 3.8) is 0 Å². The average Bonchev–Trinajstić information content (AvgIpc) is 2.39. The first kappa shape index (κ1) is 14.4. The van der Waals surface area contributed by atoms with Crippen LogP contribution < -0.4 is 5.73 Å². The van der Waals surface area contributed by atoms with Crippen molar-refractivity contribution in [3.8, 4) is 0 Å². The quantitative estimate of drug-likeness (QED) is 0.696. The number of amides is 1. The molecule has 1 saturated heterocycles. The number of rotatable bonds is 7. The highest BCUT2D eigenvalue weighted by Gasteiger charge is 2.25. The molecule has 0 atom stereocenters. The molecular formula is C12H24N2O3. The van der Waals surface area contributed by atoms with Crippen LogP contribution in [0.4, 0.5) is 0 Å². The van der Waals surface area contributed by atoms with Crippen molar-refractivity contribution in [2.24, 2.45) is 11.7 Å². The minimum absolute atomic E-state index is 0.124. The van der Waals surface area contributed by atoms with Gasteiger partial charge in [0.25, 0.3) is 0 Å². The molecule has 0 spiro atoms. The number of ether oxygens (including phenoxy) is 2. The molecule has 1 fully saturated rings. The van der Waals surface area contributed by atoms with E-state index in [0.29, 0.717) is 32.9 Å². The van der Waals surface area contributed by atoms with E-state index in [1.165, 1.54) is 0 Å². The first-order chi connectivity index (χ1) is 8.29. The van der Waals surface area contributed by atoms with Crippen LogP contribution >= 0.6 is 0 Å². The van der Waals surface area contributed by atoms with E-state index in [-0.39, 0.29) is 11.8 Å². The maximum atomic E-state index is 12.3. The van der Waals surface area contributed by atoms with Crippen molar-refractivity contribution < 1.29 is 14.3 Å². The molecule has 0 radical (unpaired) electrons. The van der Waals surface area contributed by atoms with Crippen LogP contribution in [-0.4, -0.2) is 57.4 Å². The zero-order valence-electron chi connectivity index (χ0n) is 10.7. The summed E-state index contributed by atoms with van der Waals surface area (Å²) in [4.78, 5) is 14.2. The molecule has 0 aliphatic carbocycles. The fraction of sp³-hybridized carbons (Fsp3) is 0.917. The van der Waals surface area contributed by atoms with Crippen molar-refractivity contribution in [1.82, 2.24) is 4.90 Å². The van der Waals surface area contributed by atoms with E-state index in [2.05, 4.69) is 0 Å². The van der Waals surface area contributed by atoms with E-state index < -0.39 is 0 Å². The Labute approximate surface area is 103 Å². The molecule has 1 amide bonds. The van der Waals surface area contributed by atoms with Gasteiger partial charge in [-0.25, -0.2) is 0 Å². The van der Waals surface area contributed by atoms with Crippen molar-refractivity contribution in [2.45, 2.75) is 19.3 Å². The maximum absolute atomic E-state index is 12.3. The number of carbonyl (C=O) groups excluding carboxylic acids is 1. The van der Waals surface area contributed by atoms with Gasteiger partial charge >= 0.3 is 0 Å². The van der Waals surface area contributed by atoms with E-state index in [1.807, 2.05) is 4.90 Å². The minimum Gasteiger partial charge on any atom is -0.383 e. The van der Waals surface area contributed by atoms with E-state index in [4.69, 9.17) is 15.2 Å².